The number of carbonyl (C=O) groups excluding carboxylic acids is 1. The molecule has 0 saturated carbocycles. The molecule has 0 fully saturated rings. The van der Waals surface area contributed by atoms with E-state index in [-0.39, 0.29) is 17.4 Å². The van der Waals surface area contributed by atoms with E-state index in [9.17, 15) is 4.79 Å². The van der Waals surface area contributed by atoms with Gasteiger partial charge in [0.05, 0.1) is 0 Å². The Hall–Kier alpha value is -0.570. The summed E-state index contributed by atoms with van der Waals surface area (Å²) in [4.78, 5) is 13.4. The highest BCUT2D eigenvalue weighted by Gasteiger charge is 2.19. The molecular formula is C12H26N2O. The van der Waals surface area contributed by atoms with E-state index in [4.69, 9.17) is 5.73 Å². The van der Waals surface area contributed by atoms with Crippen LogP contribution in [0.2, 0.25) is 0 Å². The van der Waals surface area contributed by atoms with Crippen LogP contribution in [0.4, 0.5) is 0 Å². The molecule has 3 nitrogen and oxygen atoms in total. The van der Waals surface area contributed by atoms with Crippen molar-refractivity contribution >= 4 is 5.91 Å². The minimum Gasteiger partial charge on any atom is -0.346 e. The fourth-order valence-corrected chi connectivity index (χ4v) is 1.70. The van der Waals surface area contributed by atoms with Crippen molar-refractivity contribution in [2.75, 3.05) is 13.6 Å². The lowest BCUT2D eigenvalue weighted by Crippen LogP contribution is -2.35. The Labute approximate surface area is 94.0 Å². The van der Waals surface area contributed by atoms with Gasteiger partial charge in [-0.25, -0.2) is 0 Å². The van der Waals surface area contributed by atoms with E-state index < -0.39 is 0 Å². The Morgan fingerprint density at radius 1 is 1.40 bits per heavy atom. The molecule has 0 rings (SSSR count). The largest absolute Gasteiger partial charge is 0.346 e. The molecule has 0 aromatic heterocycles. The van der Waals surface area contributed by atoms with Crippen molar-refractivity contribution in [2.45, 2.75) is 53.0 Å². The van der Waals surface area contributed by atoms with Crippen molar-refractivity contribution in [1.82, 2.24) is 4.90 Å². The molecule has 1 atom stereocenters. The van der Waals surface area contributed by atoms with Gasteiger partial charge >= 0.3 is 0 Å². The van der Waals surface area contributed by atoms with Crippen LogP contribution in [0.5, 0.6) is 0 Å². The molecule has 0 aromatic rings. The molecule has 0 aliphatic carbocycles. The van der Waals surface area contributed by atoms with Gasteiger partial charge < -0.3 is 10.6 Å². The fraction of sp³-hybridized carbons (Fsp3) is 0.917. The molecule has 0 aliphatic rings. The molecule has 0 aromatic carbocycles. The van der Waals surface area contributed by atoms with Crippen molar-refractivity contribution in [3.05, 3.63) is 0 Å². The Morgan fingerprint density at radius 3 is 2.33 bits per heavy atom. The minimum absolute atomic E-state index is 0.0168. The van der Waals surface area contributed by atoms with Crippen LogP contribution in [-0.4, -0.2) is 30.4 Å². The lowest BCUT2D eigenvalue weighted by atomic mass is 9.87. The normalized spacial score (nSPS) is 13.7. The zero-order chi connectivity index (χ0) is 12.1. The minimum atomic E-state index is -0.0168. The second-order valence-corrected chi connectivity index (χ2v) is 5.54. The maximum atomic E-state index is 11.7. The summed E-state index contributed by atoms with van der Waals surface area (Å²) < 4.78 is 0. The maximum Gasteiger partial charge on any atom is 0.223 e. The number of hydrogen-bond acceptors (Lipinski definition) is 2. The third-order valence-corrected chi connectivity index (χ3v) is 2.30. The van der Waals surface area contributed by atoms with E-state index in [0.717, 1.165) is 19.4 Å². The van der Waals surface area contributed by atoms with E-state index in [1.807, 2.05) is 7.05 Å². The van der Waals surface area contributed by atoms with Crippen LogP contribution in [0.3, 0.4) is 0 Å². The Bertz CT molecular complexity index is 196. The standard InChI is InChI=1S/C12H26N2O/c1-6-7-14(5)11(15)8-10(13)9-12(2,3)4/h10H,6-9,13H2,1-5H3. The predicted octanol–water partition coefficient (Wildman–Crippen LogP) is 2.01. The molecule has 1 unspecified atom stereocenters. The molecule has 0 spiro atoms. The Morgan fingerprint density at radius 2 is 1.93 bits per heavy atom. The van der Waals surface area contributed by atoms with Crippen LogP contribution in [0, 0.1) is 5.41 Å². The van der Waals surface area contributed by atoms with Crippen LogP contribution in [0.25, 0.3) is 0 Å². The van der Waals surface area contributed by atoms with Gasteiger partial charge in [0.15, 0.2) is 0 Å². The highest BCUT2D eigenvalue weighted by atomic mass is 16.2. The van der Waals surface area contributed by atoms with Gasteiger partial charge in [0.25, 0.3) is 0 Å². The highest BCUT2D eigenvalue weighted by molar-refractivity contribution is 5.76. The summed E-state index contributed by atoms with van der Waals surface area (Å²) in [5.41, 5.74) is 6.14. The quantitative estimate of drug-likeness (QED) is 0.761. The van der Waals surface area contributed by atoms with Gasteiger partial charge in [0.2, 0.25) is 5.91 Å². The van der Waals surface area contributed by atoms with E-state index in [1.165, 1.54) is 0 Å². The first-order chi connectivity index (χ1) is 6.76. The first-order valence-electron chi connectivity index (χ1n) is 5.76. The molecule has 0 bridgehead atoms. The third kappa shape index (κ3) is 7.37. The molecule has 90 valence electrons. The van der Waals surface area contributed by atoms with Gasteiger partial charge in [-0.15, -0.1) is 0 Å². The SMILES string of the molecule is CCCN(C)C(=O)CC(N)CC(C)(C)C. The monoisotopic (exact) mass is 214 g/mol. The summed E-state index contributed by atoms with van der Waals surface area (Å²) in [6, 6.07) is -0.0168. The topological polar surface area (TPSA) is 46.3 Å². The van der Waals surface area contributed by atoms with Crippen LogP contribution >= 0.6 is 0 Å². The molecular weight excluding hydrogens is 188 g/mol. The number of carbonyl (C=O) groups is 1. The Kier molecular flexibility index (Phi) is 5.88. The van der Waals surface area contributed by atoms with Crippen molar-refractivity contribution in [3.63, 3.8) is 0 Å². The second kappa shape index (κ2) is 6.11. The number of hydrogen-bond donors (Lipinski definition) is 1. The first kappa shape index (κ1) is 14.4. The second-order valence-electron chi connectivity index (χ2n) is 5.54. The number of nitrogens with zero attached hydrogens (tertiary/aromatic N) is 1. The first-order valence-corrected chi connectivity index (χ1v) is 5.76. The molecule has 15 heavy (non-hydrogen) atoms. The van der Waals surface area contributed by atoms with Gasteiger partial charge in [-0.3, -0.25) is 4.79 Å². The summed E-state index contributed by atoms with van der Waals surface area (Å²) in [5.74, 6) is 0.161. The third-order valence-electron chi connectivity index (χ3n) is 2.30. The maximum absolute atomic E-state index is 11.7. The van der Waals surface area contributed by atoms with Crippen molar-refractivity contribution in [2.24, 2.45) is 11.1 Å². The van der Waals surface area contributed by atoms with Crippen LogP contribution < -0.4 is 5.73 Å². The molecule has 0 saturated heterocycles. The van der Waals surface area contributed by atoms with Crippen LogP contribution in [0.1, 0.15) is 47.0 Å². The van der Waals surface area contributed by atoms with Crippen molar-refractivity contribution in [1.29, 1.82) is 0 Å². The van der Waals surface area contributed by atoms with Gasteiger partial charge in [-0.1, -0.05) is 27.7 Å². The average Bonchev–Trinajstić information content (AvgIpc) is 2.00. The van der Waals surface area contributed by atoms with Gasteiger partial charge in [-0.05, 0) is 18.3 Å². The molecule has 2 N–H and O–H groups in total. The van der Waals surface area contributed by atoms with Crippen molar-refractivity contribution < 1.29 is 4.79 Å². The summed E-state index contributed by atoms with van der Waals surface area (Å²) in [6.45, 7) is 9.33. The van der Waals surface area contributed by atoms with E-state index >= 15 is 0 Å². The predicted molar refractivity (Wildman–Crippen MR) is 64.6 cm³/mol. The summed E-state index contributed by atoms with van der Waals surface area (Å²) in [6.07, 6.45) is 2.35. The van der Waals surface area contributed by atoms with Gasteiger partial charge in [-0.2, -0.15) is 0 Å². The van der Waals surface area contributed by atoms with Crippen molar-refractivity contribution in [3.8, 4) is 0 Å². The molecule has 3 heteroatoms. The summed E-state index contributed by atoms with van der Waals surface area (Å²) in [5, 5.41) is 0. The summed E-state index contributed by atoms with van der Waals surface area (Å²) >= 11 is 0. The highest BCUT2D eigenvalue weighted by Crippen LogP contribution is 2.21. The van der Waals surface area contributed by atoms with Crippen LogP contribution in [-0.2, 0) is 4.79 Å². The summed E-state index contributed by atoms with van der Waals surface area (Å²) in [7, 11) is 1.84. The van der Waals surface area contributed by atoms with E-state index in [0.29, 0.717) is 6.42 Å². The van der Waals surface area contributed by atoms with Gasteiger partial charge in [0.1, 0.15) is 0 Å². The lowest BCUT2D eigenvalue weighted by molar-refractivity contribution is -0.130. The lowest BCUT2D eigenvalue weighted by Gasteiger charge is -2.24. The fourth-order valence-electron chi connectivity index (χ4n) is 1.70. The number of rotatable bonds is 5. The Balaban J connectivity index is 3.96. The number of nitrogens with two attached hydrogens (primary N) is 1. The molecule has 0 radical (unpaired) electrons. The molecule has 0 heterocycles. The molecule has 1 amide bonds. The van der Waals surface area contributed by atoms with E-state index in [2.05, 4.69) is 27.7 Å². The number of amides is 1. The molecule has 0 aliphatic heterocycles. The average molecular weight is 214 g/mol. The van der Waals surface area contributed by atoms with Gasteiger partial charge in [0, 0.05) is 26.1 Å². The van der Waals surface area contributed by atoms with E-state index in [1.54, 1.807) is 4.90 Å². The zero-order valence-electron chi connectivity index (χ0n) is 10.8. The smallest absolute Gasteiger partial charge is 0.223 e. The van der Waals surface area contributed by atoms with Crippen LogP contribution in [0.15, 0.2) is 0 Å². The zero-order valence-corrected chi connectivity index (χ0v) is 10.8.